The number of benzene rings is 2. The lowest BCUT2D eigenvalue weighted by Crippen LogP contribution is -2.38. The van der Waals surface area contributed by atoms with Gasteiger partial charge in [-0.2, -0.15) is 4.31 Å². The summed E-state index contributed by atoms with van der Waals surface area (Å²) in [7, 11) is -3.68. The van der Waals surface area contributed by atoms with Crippen LogP contribution in [0.3, 0.4) is 0 Å². The highest BCUT2D eigenvalue weighted by molar-refractivity contribution is 7.89. The SMILES string of the molecule is O=S(=O)(c1ccc2c(c1)OCCCO2)N1CCCCC1c1nc2ccccc2s1. The van der Waals surface area contributed by atoms with Crippen molar-refractivity contribution < 1.29 is 17.9 Å². The van der Waals surface area contributed by atoms with Gasteiger partial charge in [-0.25, -0.2) is 13.4 Å². The highest BCUT2D eigenvalue weighted by Gasteiger charge is 2.36. The van der Waals surface area contributed by atoms with Gasteiger partial charge in [-0.1, -0.05) is 18.6 Å². The lowest BCUT2D eigenvalue weighted by atomic mass is 10.1. The van der Waals surface area contributed by atoms with Crippen LogP contribution in [-0.2, 0) is 10.0 Å². The Balaban J connectivity index is 1.52. The Bertz CT molecular complexity index is 1110. The summed E-state index contributed by atoms with van der Waals surface area (Å²) in [4.78, 5) is 4.99. The number of ether oxygens (including phenoxy) is 2. The fraction of sp³-hybridized carbons (Fsp3) is 0.381. The molecule has 5 rings (SSSR count). The Morgan fingerprint density at radius 1 is 1.00 bits per heavy atom. The second-order valence-electron chi connectivity index (χ2n) is 7.31. The number of piperidine rings is 1. The van der Waals surface area contributed by atoms with Crippen molar-refractivity contribution in [2.24, 2.45) is 0 Å². The van der Waals surface area contributed by atoms with Crippen molar-refractivity contribution in [3.05, 3.63) is 47.5 Å². The zero-order valence-corrected chi connectivity index (χ0v) is 17.5. The van der Waals surface area contributed by atoms with Crippen LogP contribution in [0.1, 0.15) is 36.7 Å². The Morgan fingerprint density at radius 2 is 1.83 bits per heavy atom. The van der Waals surface area contributed by atoms with Crippen molar-refractivity contribution in [2.75, 3.05) is 19.8 Å². The van der Waals surface area contributed by atoms with Crippen molar-refractivity contribution >= 4 is 31.6 Å². The molecule has 0 radical (unpaired) electrons. The number of aromatic nitrogens is 1. The van der Waals surface area contributed by atoms with Crippen LogP contribution >= 0.6 is 11.3 Å². The first-order chi connectivity index (χ1) is 14.1. The van der Waals surface area contributed by atoms with Crippen molar-refractivity contribution in [1.82, 2.24) is 9.29 Å². The molecule has 2 aliphatic heterocycles. The number of sulfonamides is 1. The molecule has 1 saturated heterocycles. The molecule has 0 aliphatic carbocycles. The molecule has 0 N–H and O–H groups in total. The predicted molar refractivity (Wildman–Crippen MR) is 112 cm³/mol. The van der Waals surface area contributed by atoms with Crippen LogP contribution < -0.4 is 9.47 Å². The third-order valence-electron chi connectivity index (χ3n) is 5.37. The molecule has 29 heavy (non-hydrogen) atoms. The van der Waals surface area contributed by atoms with E-state index in [-0.39, 0.29) is 10.9 Å². The molecule has 0 saturated carbocycles. The van der Waals surface area contributed by atoms with E-state index in [4.69, 9.17) is 14.5 Å². The van der Waals surface area contributed by atoms with E-state index in [9.17, 15) is 8.42 Å². The fourth-order valence-electron chi connectivity index (χ4n) is 3.91. The summed E-state index contributed by atoms with van der Waals surface area (Å²) in [5.74, 6) is 1.10. The lowest BCUT2D eigenvalue weighted by molar-refractivity contribution is 0.255. The van der Waals surface area contributed by atoms with Crippen LogP contribution in [0.25, 0.3) is 10.2 Å². The minimum atomic E-state index is -3.68. The lowest BCUT2D eigenvalue weighted by Gasteiger charge is -2.33. The summed E-state index contributed by atoms with van der Waals surface area (Å²) in [6.45, 7) is 1.59. The van der Waals surface area contributed by atoms with Crippen LogP contribution in [0.2, 0.25) is 0 Å². The topological polar surface area (TPSA) is 68.7 Å². The number of para-hydroxylation sites is 1. The highest BCUT2D eigenvalue weighted by Crippen LogP contribution is 2.40. The molecule has 8 heteroatoms. The average Bonchev–Trinajstić information content (AvgIpc) is 3.04. The quantitative estimate of drug-likeness (QED) is 0.617. The van der Waals surface area contributed by atoms with Crippen LogP contribution in [-0.4, -0.2) is 37.5 Å². The molecule has 0 bridgehead atoms. The molecule has 0 spiro atoms. The van der Waals surface area contributed by atoms with E-state index in [2.05, 4.69) is 0 Å². The minimum absolute atomic E-state index is 0.234. The molecule has 3 heterocycles. The number of thiazole rings is 1. The zero-order valence-electron chi connectivity index (χ0n) is 15.9. The van der Waals surface area contributed by atoms with Crippen LogP contribution in [0.4, 0.5) is 0 Å². The number of hydrogen-bond donors (Lipinski definition) is 0. The Labute approximate surface area is 174 Å². The normalized spacial score (nSPS) is 20.5. The molecule has 6 nitrogen and oxygen atoms in total. The molecule has 2 aromatic carbocycles. The maximum Gasteiger partial charge on any atom is 0.243 e. The smallest absolute Gasteiger partial charge is 0.243 e. The summed E-state index contributed by atoms with van der Waals surface area (Å²) in [6, 6.07) is 12.6. The standard InChI is InChI=1S/C21H22N2O4S2/c24-29(25,15-9-10-18-19(14-15)27-13-5-12-26-18)23-11-4-3-7-17(23)21-22-16-6-1-2-8-20(16)28-21/h1-2,6,8-10,14,17H,3-5,7,11-13H2. The maximum absolute atomic E-state index is 13.6. The maximum atomic E-state index is 13.6. The Kier molecular flexibility index (Phi) is 4.93. The van der Waals surface area contributed by atoms with Crippen molar-refractivity contribution in [1.29, 1.82) is 0 Å². The third-order valence-corrected chi connectivity index (χ3v) is 8.42. The van der Waals surface area contributed by atoms with Crippen LogP contribution in [0.15, 0.2) is 47.4 Å². The number of rotatable bonds is 3. The molecule has 1 aromatic heterocycles. The van der Waals surface area contributed by atoms with Gasteiger partial charge in [-0.15, -0.1) is 11.3 Å². The van der Waals surface area contributed by atoms with Gasteiger partial charge in [0.25, 0.3) is 0 Å². The van der Waals surface area contributed by atoms with E-state index in [1.165, 1.54) is 0 Å². The number of nitrogens with zero attached hydrogens (tertiary/aromatic N) is 2. The minimum Gasteiger partial charge on any atom is -0.490 e. The molecular weight excluding hydrogens is 408 g/mol. The van der Waals surface area contributed by atoms with Gasteiger partial charge in [0.15, 0.2) is 11.5 Å². The second-order valence-corrected chi connectivity index (χ2v) is 10.3. The zero-order chi connectivity index (χ0) is 19.8. The Morgan fingerprint density at radius 3 is 2.69 bits per heavy atom. The van der Waals surface area contributed by atoms with Gasteiger partial charge in [-0.05, 0) is 37.1 Å². The van der Waals surface area contributed by atoms with E-state index in [0.717, 1.165) is 40.9 Å². The monoisotopic (exact) mass is 430 g/mol. The van der Waals surface area contributed by atoms with Gasteiger partial charge in [-0.3, -0.25) is 0 Å². The van der Waals surface area contributed by atoms with Gasteiger partial charge < -0.3 is 9.47 Å². The summed E-state index contributed by atoms with van der Waals surface area (Å²) in [5, 5.41) is 0.865. The third kappa shape index (κ3) is 3.49. The van der Waals surface area contributed by atoms with Crippen molar-refractivity contribution in [2.45, 2.75) is 36.6 Å². The molecule has 152 valence electrons. The second kappa shape index (κ2) is 7.59. The average molecular weight is 431 g/mol. The Hall–Kier alpha value is -2.16. The number of hydrogen-bond acceptors (Lipinski definition) is 6. The molecule has 1 unspecified atom stereocenters. The molecule has 3 aromatic rings. The molecule has 1 fully saturated rings. The first kappa shape index (κ1) is 18.8. The van der Waals surface area contributed by atoms with Gasteiger partial charge in [0.05, 0.1) is 34.4 Å². The van der Waals surface area contributed by atoms with Gasteiger partial charge in [0.2, 0.25) is 10.0 Å². The first-order valence-corrected chi connectivity index (χ1v) is 12.2. The van der Waals surface area contributed by atoms with Gasteiger partial charge >= 0.3 is 0 Å². The molecule has 1 atom stereocenters. The molecular formula is C21H22N2O4S2. The van der Waals surface area contributed by atoms with Gasteiger partial charge in [0, 0.05) is 19.0 Å². The predicted octanol–water partition coefficient (Wildman–Crippen LogP) is 4.37. The van der Waals surface area contributed by atoms with E-state index in [1.54, 1.807) is 33.8 Å². The molecule has 0 amide bonds. The van der Waals surface area contributed by atoms with Crippen LogP contribution in [0.5, 0.6) is 11.5 Å². The van der Waals surface area contributed by atoms with Gasteiger partial charge in [0.1, 0.15) is 5.01 Å². The van der Waals surface area contributed by atoms with E-state index in [0.29, 0.717) is 31.3 Å². The largest absolute Gasteiger partial charge is 0.490 e. The van der Waals surface area contributed by atoms with E-state index < -0.39 is 10.0 Å². The van der Waals surface area contributed by atoms with Crippen molar-refractivity contribution in [3.8, 4) is 11.5 Å². The van der Waals surface area contributed by atoms with E-state index in [1.807, 2.05) is 24.3 Å². The van der Waals surface area contributed by atoms with Crippen molar-refractivity contribution in [3.63, 3.8) is 0 Å². The number of fused-ring (bicyclic) bond motifs is 2. The summed E-state index contributed by atoms with van der Waals surface area (Å²) in [6.07, 6.45) is 3.41. The fourth-order valence-corrected chi connectivity index (χ4v) is 6.77. The summed E-state index contributed by atoms with van der Waals surface area (Å²) < 4.78 is 41.2. The summed E-state index contributed by atoms with van der Waals surface area (Å²) >= 11 is 1.58. The highest BCUT2D eigenvalue weighted by atomic mass is 32.2. The first-order valence-electron chi connectivity index (χ1n) is 9.90. The summed E-state index contributed by atoms with van der Waals surface area (Å²) in [5.41, 5.74) is 0.922. The molecule has 2 aliphatic rings. The van der Waals surface area contributed by atoms with Crippen LogP contribution in [0, 0.1) is 0 Å². The van der Waals surface area contributed by atoms with E-state index >= 15 is 0 Å².